The van der Waals surface area contributed by atoms with Crippen LogP contribution < -0.4 is 5.32 Å². The second-order valence-electron chi connectivity index (χ2n) is 9.56. The van der Waals surface area contributed by atoms with Crippen LogP contribution in [-0.2, 0) is 16.0 Å². The molecule has 2 fully saturated rings. The van der Waals surface area contributed by atoms with Crippen molar-refractivity contribution < 1.29 is 14.6 Å². The van der Waals surface area contributed by atoms with Gasteiger partial charge in [0.2, 0.25) is 5.91 Å². The second-order valence-corrected chi connectivity index (χ2v) is 10.6. The molecule has 2 heterocycles. The van der Waals surface area contributed by atoms with E-state index < -0.39 is 6.10 Å². The Morgan fingerprint density at radius 3 is 2.93 bits per heavy atom. The molecule has 166 valence electrons. The van der Waals surface area contributed by atoms with Crippen LogP contribution in [-0.4, -0.2) is 59.8 Å². The van der Waals surface area contributed by atoms with Gasteiger partial charge in [-0.3, -0.25) is 4.79 Å². The SMILES string of the molecule is C=CCNc1nc2c(s1)C[C@]1(C)CC[C@H]([C@H](C)C(=O)N3CCOCC3)[C@H](O)[C@H]1[C@@H]2C. The lowest BCUT2D eigenvalue weighted by Gasteiger charge is -2.53. The zero-order chi connectivity index (χ0) is 21.5. The van der Waals surface area contributed by atoms with Gasteiger partial charge in [0.1, 0.15) is 0 Å². The van der Waals surface area contributed by atoms with Crippen LogP contribution >= 0.6 is 11.3 Å². The van der Waals surface area contributed by atoms with Crippen LogP contribution in [0.3, 0.4) is 0 Å². The lowest BCUT2D eigenvalue weighted by molar-refractivity contribution is -0.148. The number of aliphatic hydroxyl groups is 1. The molecule has 2 aliphatic carbocycles. The smallest absolute Gasteiger partial charge is 0.225 e. The Hall–Kier alpha value is -1.44. The predicted molar refractivity (Wildman–Crippen MR) is 120 cm³/mol. The van der Waals surface area contributed by atoms with Crippen molar-refractivity contribution in [3.8, 4) is 0 Å². The minimum atomic E-state index is -0.488. The first kappa shape index (κ1) is 21.8. The molecule has 0 bridgehead atoms. The van der Waals surface area contributed by atoms with E-state index >= 15 is 0 Å². The first-order valence-corrected chi connectivity index (χ1v) is 12.1. The summed E-state index contributed by atoms with van der Waals surface area (Å²) in [7, 11) is 0. The van der Waals surface area contributed by atoms with Gasteiger partial charge in [0.25, 0.3) is 0 Å². The zero-order valence-electron chi connectivity index (χ0n) is 18.4. The summed E-state index contributed by atoms with van der Waals surface area (Å²) in [6, 6.07) is 0. The van der Waals surface area contributed by atoms with E-state index in [1.807, 2.05) is 17.9 Å². The van der Waals surface area contributed by atoms with Gasteiger partial charge in [0.05, 0.1) is 25.0 Å². The molecular formula is C23H35N3O3S. The van der Waals surface area contributed by atoms with E-state index in [-0.39, 0.29) is 35.0 Å². The van der Waals surface area contributed by atoms with Crippen molar-refractivity contribution in [1.82, 2.24) is 9.88 Å². The Kier molecular flexibility index (Phi) is 6.24. The van der Waals surface area contributed by atoms with Gasteiger partial charge < -0.3 is 20.1 Å². The van der Waals surface area contributed by atoms with Crippen molar-refractivity contribution >= 4 is 22.4 Å². The topological polar surface area (TPSA) is 74.7 Å². The van der Waals surface area contributed by atoms with E-state index in [1.54, 1.807) is 11.3 Å². The van der Waals surface area contributed by atoms with E-state index in [9.17, 15) is 9.90 Å². The number of aliphatic hydroxyl groups excluding tert-OH is 1. The summed E-state index contributed by atoms with van der Waals surface area (Å²) in [5, 5.41) is 15.8. The molecule has 1 saturated heterocycles. The fourth-order valence-corrected chi connectivity index (χ4v) is 7.31. The number of carbonyl (C=O) groups is 1. The summed E-state index contributed by atoms with van der Waals surface area (Å²) >= 11 is 1.74. The summed E-state index contributed by atoms with van der Waals surface area (Å²) in [4.78, 5) is 21.2. The van der Waals surface area contributed by atoms with Gasteiger partial charge in [-0.05, 0) is 36.5 Å². The molecule has 30 heavy (non-hydrogen) atoms. The normalized spacial score (nSPS) is 34.6. The fraction of sp³-hybridized carbons (Fsp3) is 0.739. The first-order chi connectivity index (χ1) is 14.4. The minimum absolute atomic E-state index is 0.000540. The highest BCUT2D eigenvalue weighted by Gasteiger charge is 2.54. The number of nitrogens with zero attached hydrogens (tertiary/aromatic N) is 2. The maximum atomic E-state index is 13.1. The Labute approximate surface area is 183 Å². The molecule has 1 aliphatic heterocycles. The van der Waals surface area contributed by atoms with Gasteiger partial charge in [0.15, 0.2) is 5.13 Å². The number of nitrogens with one attached hydrogen (secondary N) is 1. The van der Waals surface area contributed by atoms with E-state index in [0.29, 0.717) is 32.8 Å². The predicted octanol–water partition coefficient (Wildman–Crippen LogP) is 3.29. The highest BCUT2D eigenvalue weighted by Crippen LogP contribution is 2.57. The van der Waals surface area contributed by atoms with Crippen LogP contribution in [0.25, 0.3) is 0 Å². The second kappa shape index (κ2) is 8.60. The van der Waals surface area contributed by atoms with Gasteiger partial charge in [-0.2, -0.15) is 0 Å². The third-order valence-corrected chi connectivity index (χ3v) is 8.70. The number of aromatic nitrogens is 1. The molecule has 0 spiro atoms. The molecule has 1 aromatic heterocycles. The van der Waals surface area contributed by atoms with E-state index in [2.05, 4.69) is 25.7 Å². The number of morpholine rings is 1. The van der Waals surface area contributed by atoms with E-state index in [1.165, 1.54) is 4.88 Å². The van der Waals surface area contributed by atoms with E-state index in [0.717, 1.165) is 30.1 Å². The van der Waals surface area contributed by atoms with Crippen LogP contribution in [0.2, 0.25) is 0 Å². The number of rotatable bonds is 5. The van der Waals surface area contributed by atoms with Gasteiger partial charge in [0, 0.05) is 36.3 Å². The third-order valence-electron chi connectivity index (χ3n) is 7.67. The maximum Gasteiger partial charge on any atom is 0.225 e. The zero-order valence-corrected chi connectivity index (χ0v) is 19.2. The summed E-state index contributed by atoms with van der Waals surface area (Å²) < 4.78 is 5.39. The number of fused-ring (bicyclic) bond motifs is 2. The number of ether oxygens (including phenoxy) is 1. The standard InChI is InChI=1S/C23H35N3O3S/c1-5-8-24-22-25-19-15(3)18-20(27)16(6-7-23(18,4)13-17(19)30-22)14(2)21(28)26-9-11-29-12-10-26/h5,14-16,18,20,27H,1,6-13H2,2-4H3,(H,24,25)/t14-,15-,16+,18+,20-,23-/m0/s1. The Morgan fingerprint density at radius 2 is 2.23 bits per heavy atom. The third kappa shape index (κ3) is 3.80. The van der Waals surface area contributed by atoms with Crippen LogP contribution in [0.1, 0.15) is 50.1 Å². The molecule has 0 aromatic carbocycles. The molecule has 1 amide bonds. The summed E-state index contributed by atoms with van der Waals surface area (Å²) in [5.41, 5.74) is 1.17. The molecule has 1 saturated carbocycles. The van der Waals surface area contributed by atoms with Crippen LogP contribution in [0.4, 0.5) is 5.13 Å². The lowest BCUT2D eigenvalue weighted by Crippen LogP contribution is -2.54. The molecule has 6 nitrogen and oxygen atoms in total. The molecule has 7 heteroatoms. The molecule has 0 unspecified atom stereocenters. The number of carbonyl (C=O) groups excluding carboxylic acids is 1. The molecule has 4 rings (SSSR count). The van der Waals surface area contributed by atoms with Gasteiger partial charge in [-0.25, -0.2) is 4.98 Å². The van der Waals surface area contributed by atoms with Crippen molar-refractivity contribution in [2.75, 3.05) is 38.2 Å². The number of anilines is 1. The molecule has 3 aliphatic rings. The van der Waals surface area contributed by atoms with Crippen molar-refractivity contribution in [2.45, 2.75) is 52.1 Å². The average Bonchev–Trinajstić information content (AvgIpc) is 3.14. The Bertz CT molecular complexity index is 791. The summed E-state index contributed by atoms with van der Waals surface area (Å²) in [6.07, 6.45) is 4.25. The quantitative estimate of drug-likeness (QED) is 0.697. The summed E-state index contributed by atoms with van der Waals surface area (Å²) in [5.74, 6) is 0.298. The fourth-order valence-electron chi connectivity index (χ4n) is 6.04. The molecule has 0 radical (unpaired) electrons. The first-order valence-electron chi connectivity index (χ1n) is 11.2. The number of hydrogen-bond donors (Lipinski definition) is 2. The monoisotopic (exact) mass is 433 g/mol. The molecular weight excluding hydrogens is 398 g/mol. The number of amides is 1. The number of thiazole rings is 1. The number of hydrogen-bond acceptors (Lipinski definition) is 6. The van der Waals surface area contributed by atoms with Crippen molar-refractivity contribution in [3.63, 3.8) is 0 Å². The van der Waals surface area contributed by atoms with Gasteiger partial charge >= 0.3 is 0 Å². The average molecular weight is 434 g/mol. The molecule has 6 atom stereocenters. The van der Waals surface area contributed by atoms with Crippen LogP contribution in [0.5, 0.6) is 0 Å². The van der Waals surface area contributed by atoms with Gasteiger partial charge in [-0.1, -0.05) is 26.8 Å². The van der Waals surface area contributed by atoms with Crippen LogP contribution in [0, 0.1) is 23.2 Å². The van der Waals surface area contributed by atoms with Gasteiger partial charge in [-0.15, -0.1) is 17.9 Å². The molecule has 1 aromatic rings. The highest BCUT2D eigenvalue weighted by atomic mass is 32.1. The van der Waals surface area contributed by atoms with E-state index in [4.69, 9.17) is 9.72 Å². The molecule has 2 N–H and O–H groups in total. The highest BCUT2D eigenvalue weighted by molar-refractivity contribution is 7.15. The minimum Gasteiger partial charge on any atom is -0.392 e. The van der Waals surface area contributed by atoms with Crippen molar-refractivity contribution in [3.05, 3.63) is 23.2 Å². The largest absolute Gasteiger partial charge is 0.392 e. The Morgan fingerprint density at radius 1 is 1.50 bits per heavy atom. The maximum absolute atomic E-state index is 13.1. The lowest BCUT2D eigenvalue weighted by atomic mass is 9.53. The summed E-state index contributed by atoms with van der Waals surface area (Å²) in [6.45, 7) is 13.5. The van der Waals surface area contributed by atoms with Crippen LogP contribution in [0.15, 0.2) is 12.7 Å². The van der Waals surface area contributed by atoms with Crippen molar-refractivity contribution in [2.24, 2.45) is 23.2 Å². The van der Waals surface area contributed by atoms with Crippen molar-refractivity contribution in [1.29, 1.82) is 0 Å². The Balaban J connectivity index is 1.54.